The molecule has 1 atom stereocenters. The highest BCUT2D eigenvalue weighted by Gasteiger charge is 2.60. The van der Waals surface area contributed by atoms with Gasteiger partial charge in [-0.3, -0.25) is 9.59 Å². The number of carboxylic acids is 1. The first kappa shape index (κ1) is 19.9. The number of alkyl halides is 3. The fourth-order valence-corrected chi connectivity index (χ4v) is 3.62. The number of hydrogen-bond donors (Lipinski definition) is 1. The molecular formula is C19H19F3N2O4. The van der Waals surface area contributed by atoms with Crippen molar-refractivity contribution in [1.29, 1.82) is 0 Å². The Morgan fingerprint density at radius 2 is 1.82 bits per heavy atom. The number of carbonyl (C=O) groups excluding carboxylic acids is 2. The Hall–Kier alpha value is -2.84. The number of amides is 2. The molecule has 1 N–H and O–H groups in total. The summed E-state index contributed by atoms with van der Waals surface area (Å²) in [6.45, 7) is 3.65. The highest BCUT2D eigenvalue weighted by molar-refractivity contribution is 5.99. The van der Waals surface area contributed by atoms with E-state index in [0.29, 0.717) is 18.4 Å². The predicted octanol–water partition coefficient (Wildman–Crippen LogP) is 2.09. The van der Waals surface area contributed by atoms with E-state index in [1.54, 1.807) is 0 Å². The van der Waals surface area contributed by atoms with Crippen LogP contribution in [0, 0.1) is 0 Å². The molecule has 1 aliphatic carbocycles. The molecule has 1 aliphatic heterocycles. The van der Waals surface area contributed by atoms with Crippen LogP contribution in [0.25, 0.3) is 0 Å². The zero-order chi connectivity index (χ0) is 20.7. The Kier molecular flexibility index (Phi) is 4.95. The van der Waals surface area contributed by atoms with Gasteiger partial charge in [0.2, 0.25) is 11.8 Å². The normalized spacial score (nSPS) is 19.5. The van der Waals surface area contributed by atoms with Crippen LogP contribution in [-0.2, 0) is 27.0 Å². The van der Waals surface area contributed by atoms with E-state index in [9.17, 15) is 32.7 Å². The SMILES string of the molecule is C=CC(=O)N1CCN([C@@H](Cc2ccc(C(F)(F)F)cc2)C(=O)O)C(=O)C12CC2. The zero-order valence-electron chi connectivity index (χ0n) is 14.9. The first-order chi connectivity index (χ1) is 13.1. The van der Waals surface area contributed by atoms with Crippen LogP contribution in [0.4, 0.5) is 13.2 Å². The van der Waals surface area contributed by atoms with Gasteiger partial charge in [-0.1, -0.05) is 18.7 Å². The third kappa shape index (κ3) is 3.48. The maximum Gasteiger partial charge on any atom is 0.416 e. The second-order valence-electron chi connectivity index (χ2n) is 6.98. The van der Waals surface area contributed by atoms with E-state index in [2.05, 4.69) is 6.58 Å². The van der Waals surface area contributed by atoms with Crippen molar-refractivity contribution in [3.8, 4) is 0 Å². The number of carboxylic acid groups (broad SMARTS) is 1. The van der Waals surface area contributed by atoms with Gasteiger partial charge in [-0.25, -0.2) is 4.79 Å². The highest BCUT2D eigenvalue weighted by atomic mass is 19.4. The molecule has 0 radical (unpaired) electrons. The number of rotatable bonds is 5. The van der Waals surface area contributed by atoms with E-state index in [0.717, 1.165) is 18.2 Å². The van der Waals surface area contributed by atoms with Crippen LogP contribution in [0.15, 0.2) is 36.9 Å². The van der Waals surface area contributed by atoms with Crippen molar-refractivity contribution in [2.75, 3.05) is 13.1 Å². The van der Waals surface area contributed by atoms with Gasteiger partial charge in [0, 0.05) is 19.5 Å². The molecule has 6 nitrogen and oxygen atoms in total. The van der Waals surface area contributed by atoms with E-state index in [1.807, 2.05) is 0 Å². The summed E-state index contributed by atoms with van der Waals surface area (Å²) in [4.78, 5) is 39.4. The lowest BCUT2D eigenvalue weighted by Crippen LogP contribution is -2.64. The molecule has 0 aromatic heterocycles. The summed E-state index contributed by atoms with van der Waals surface area (Å²) in [6.07, 6.45) is -2.57. The molecular weight excluding hydrogens is 377 g/mol. The molecule has 1 aromatic rings. The Morgan fingerprint density at radius 3 is 2.29 bits per heavy atom. The minimum absolute atomic E-state index is 0.0394. The summed E-state index contributed by atoms with van der Waals surface area (Å²) in [5, 5.41) is 9.63. The smallest absolute Gasteiger partial charge is 0.416 e. The minimum Gasteiger partial charge on any atom is -0.480 e. The molecule has 1 heterocycles. The quantitative estimate of drug-likeness (QED) is 0.774. The summed E-state index contributed by atoms with van der Waals surface area (Å²) >= 11 is 0. The summed E-state index contributed by atoms with van der Waals surface area (Å²) in [6, 6.07) is 2.99. The molecule has 3 rings (SSSR count). The minimum atomic E-state index is -4.48. The van der Waals surface area contributed by atoms with Crippen LogP contribution in [0.1, 0.15) is 24.0 Å². The van der Waals surface area contributed by atoms with Crippen molar-refractivity contribution >= 4 is 17.8 Å². The summed E-state index contributed by atoms with van der Waals surface area (Å²) in [5.41, 5.74) is -1.47. The maximum atomic E-state index is 12.9. The van der Waals surface area contributed by atoms with Crippen molar-refractivity contribution in [3.63, 3.8) is 0 Å². The molecule has 1 spiro atoms. The highest BCUT2D eigenvalue weighted by Crippen LogP contribution is 2.46. The van der Waals surface area contributed by atoms with Gasteiger partial charge in [0.1, 0.15) is 11.6 Å². The molecule has 2 aliphatic rings. The molecule has 2 amide bonds. The number of nitrogens with zero attached hydrogens (tertiary/aromatic N) is 2. The summed E-state index contributed by atoms with van der Waals surface area (Å²) < 4.78 is 38.1. The fourth-order valence-electron chi connectivity index (χ4n) is 3.62. The molecule has 9 heteroatoms. The third-order valence-electron chi connectivity index (χ3n) is 5.28. The van der Waals surface area contributed by atoms with Crippen LogP contribution in [0.3, 0.4) is 0 Å². The number of halogens is 3. The third-order valence-corrected chi connectivity index (χ3v) is 5.28. The lowest BCUT2D eigenvalue weighted by atomic mass is 9.99. The zero-order valence-corrected chi connectivity index (χ0v) is 14.9. The van der Waals surface area contributed by atoms with E-state index < -0.39 is 35.2 Å². The van der Waals surface area contributed by atoms with Gasteiger partial charge in [-0.05, 0) is 36.6 Å². The molecule has 1 saturated carbocycles. The van der Waals surface area contributed by atoms with Crippen LogP contribution in [0.5, 0.6) is 0 Å². The number of piperazine rings is 1. The number of benzene rings is 1. The van der Waals surface area contributed by atoms with Crippen LogP contribution in [-0.4, -0.2) is 57.4 Å². The monoisotopic (exact) mass is 396 g/mol. The number of hydrogen-bond acceptors (Lipinski definition) is 3. The predicted molar refractivity (Wildman–Crippen MR) is 92.2 cm³/mol. The molecule has 0 unspecified atom stereocenters. The second kappa shape index (κ2) is 6.96. The summed E-state index contributed by atoms with van der Waals surface area (Å²) in [7, 11) is 0. The number of carbonyl (C=O) groups is 3. The summed E-state index contributed by atoms with van der Waals surface area (Å²) in [5.74, 6) is -2.05. The van der Waals surface area contributed by atoms with Gasteiger partial charge in [0.15, 0.2) is 0 Å². The van der Waals surface area contributed by atoms with E-state index in [1.165, 1.54) is 21.9 Å². The van der Waals surface area contributed by atoms with Gasteiger partial charge < -0.3 is 14.9 Å². The van der Waals surface area contributed by atoms with E-state index in [4.69, 9.17) is 0 Å². The Morgan fingerprint density at radius 1 is 1.21 bits per heavy atom. The lowest BCUT2D eigenvalue weighted by Gasteiger charge is -2.43. The van der Waals surface area contributed by atoms with Crippen molar-refractivity contribution in [2.24, 2.45) is 0 Å². The average Bonchev–Trinajstić information content (AvgIpc) is 3.43. The fraction of sp³-hybridized carbons (Fsp3) is 0.421. The van der Waals surface area contributed by atoms with E-state index in [-0.39, 0.29) is 25.4 Å². The Balaban J connectivity index is 1.80. The first-order valence-electron chi connectivity index (χ1n) is 8.74. The van der Waals surface area contributed by atoms with Gasteiger partial charge in [0.05, 0.1) is 5.56 Å². The Labute approximate surface area is 159 Å². The number of aliphatic carboxylic acids is 1. The molecule has 150 valence electrons. The van der Waals surface area contributed by atoms with Crippen LogP contribution in [0.2, 0.25) is 0 Å². The van der Waals surface area contributed by atoms with Crippen LogP contribution < -0.4 is 0 Å². The van der Waals surface area contributed by atoms with Crippen molar-refractivity contribution in [2.45, 2.75) is 37.0 Å². The van der Waals surface area contributed by atoms with Crippen molar-refractivity contribution in [1.82, 2.24) is 9.80 Å². The van der Waals surface area contributed by atoms with Crippen molar-refractivity contribution in [3.05, 3.63) is 48.0 Å². The largest absolute Gasteiger partial charge is 0.480 e. The van der Waals surface area contributed by atoms with Gasteiger partial charge in [-0.15, -0.1) is 0 Å². The maximum absolute atomic E-state index is 12.9. The average molecular weight is 396 g/mol. The second-order valence-corrected chi connectivity index (χ2v) is 6.98. The molecule has 28 heavy (non-hydrogen) atoms. The molecule has 1 saturated heterocycles. The van der Waals surface area contributed by atoms with Crippen molar-refractivity contribution < 1.29 is 32.7 Å². The van der Waals surface area contributed by atoms with Gasteiger partial charge in [0.25, 0.3) is 0 Å². The van der Waals surface area contributed by atoms with Crippen LogP contribution >= 0.6 is 0 Å². The van der Waals surface area contributed by atoms with Gasteiger partial charge in [-0.2, -0.15) is 13.2 Å². The Bertz CT molecular complexity index is 815. The lowest BCUT2D eigenvalue weighted by molar-refractivity contribution is -0.160. The van der Waals surface area contributed by atoms with E-state index >= 15 is 0 Å². The molecule has 2 fully saturated rings. The molecule has 0 bridgehead atoms. The van der Waals surface area contributed by atoms with Gasteiger partial charge >= 0.3 is 12.1 Å². The topological polar surface area (TPSA) is 77.9 Å². The standard InChI is InChI=1S/C19H19F3N2O4/c1-2-15(25)24-10-9-23(17(28)18(24)7-8-18)14(16(26)27)11-12-3-5-13(6-4-12)19(20,21)22/h2-6,14H,1,7-11H2,(H,26,27)/t14-/m0/s1. The molecule has 1 aromatic carbocycles. The first-order valence-corrected chi connectivity index (χ1v) is 8.74.